The Bertz CT molecular complexity index is 974. The first-order chi connectivity index (χ1) is 14.4. The third kappa shape index (κ3) is 4.37. The summed E-state index contributed by atoms with van der Waals surface area (Å²) in [5.74, 6) is -1.37. The van der Waals surface area contributed by atoms with Gasteiger partial charge in [-0.3, -0.25) is 9.59 Å². The monoisotopic (exact) mass is 451 g/mol. The average Bonchev–Trinajstić information content (AvgIpc) is 3.32. The van der Waals surface area contributed by atoms with Gasteiger partial charge < -0.3 is 20.3 Å². The fourth-order valence-corrected chi connectivity index (χ4v) is 4.75. The lowest BCUT2D eigenvalue weighted by atomic mass is 9.96. The molecule has 1 aromatic carbocycles. The van der Waals surface area contributed by atoms with Crippen LogP contribution in [-0.4, -0.2) is 55.6 Å². The van der Waals surface area contributed by atoms with E-state index in [1.807, 2.05) is 7.05 Å². The highest BCUT2D eigenvalue weighted by Crippen LogP contribution is 2.28. The maximum absolute atomic E-state index is 14.7. The Labute approximate surface area is 183 Å². The second kappa shape index (κ2) is 8.63. The molecule has 160 valence electrons. The highest BCUT2D eigenvalue weighted by atomic mass is 35.5. The number of amides is 2. The number of nitrogens with zero attached hydrogens (tertiary/aromatic N) is 1. The molecule has 0 bridgehead atoms. The fourth-order valence-electron chi connectivity index (χ4n) is 3.81. The number of nitrogens with one attached hydrogen (secondary N) is 2. The Morgan fingerprint density at radius 3 is 2.60 bits per heavy atom. The molecule has 1 saturated heterocycles. The number of fused-ring (bicyclic) bond motifs is 1. The minimum Gasteiger partial charge on any atom is -0.378 e. The molecule has 0 saturated carbocycles. The van der Waals surface area contributed by atoms with Gasteiger partial charge in [0.1, 0.15) is 11.4 Å². The van der Waals surface area contributed by atoms with E-state index in [1.165, 1.54) is 6.07 Å². The van der Waals surface area contributed by atoms with Crippen LogP contribution in [0.5, 0.6) is 0 Å². The van der Waals surface area contributed by atoms with Crippen molar-refractivity contribution >= 4 is 40.4 Å². The van der Waals surface area contributed by atoms with Crippen LogP contribution in [0, 0.1) is 5.82 Å². The van der Waals surface area contributed by atoms with Crippen molar-refractivity contribution in [2.24, 2.45) is 0 Å². The van der Waals surface area contributed by atoms with Crippen LogP contribution in [0.15, 0.2) is 24.3 Å². The Morgan fingerprint density at radius 1 is 1.23 bits per heavy atom. The fraction of sp³-hybridized carbons (Fsp3) is 0.429. The van der Waals surface area contributed by atoms with Gasteiger partial charge in [-0.1, -0.05) is 11.6 Å². The van der Waals surface area contributed by atoms with Crippen LogP contribution in [0.1, 0.15) is 27.2 Å². The lowest BCUT2D eigenvalue weighted by Crippen LogP contribution is -2.57. The first-order valence-corrected chi connectivity index (χ1v) is 11.0. The minimum absolute atomic E-state index is 0.0288. The van der Waals surface area contributed by atoms with Crippen molar-refractivity contribution in [3.8, 4) is 0 Å². The summed E-state index contributed by atoms with van der Waals surface area (Å²) < 4.78 is 20.6. The number of carbonyl (C=O) groups excluding carboxylic acids is 2. The van der Waals surface area contributed by atoms with Gasteiger partial charge in [0, 0.05) is 26.1 Å². The van der Waals surface area contributed by atoms with Crippen LogP contribution in [0.2, 0.25) is 4.34 Å². The normalized spacial score (nSPS) is 21.7. The summed E-state index contributed by atoms with van der Waals surface area (Å²) in [5.41, 5.74) is 0.872. The Hall–Kier alpha value is -2.00. The zero-order valence-electron chi connectivity index (χ0n) is 16.6. The SMILES string of the molecule is CN1CCc2cc(F)c(NC(=O)[C@]3(NC(=O)c4ccc(Cl)s4)CCOC3)cc2CC1. The summed E-state index contributed by atoms with van der Waals surface area (Å²) in [6, 6.07) is 6.45. The van der Waals surface area contributed by atoms with E-state index in [4.69, 9.17) is 16.3 Å². The number of halogens is 2. The summed E-state index contributed by atoms with van der Waals surface area (Å²) in [5, 5.41) is 5.48. The van der Waals surface area contributed by atoms with Crippen molar-refractivity contribution in [2.75, 3.05) is 38.7 Å². The summed E-state index contributed by atoms with van der Waals surface area (Å²) in [6.07, 6.45) is 1.87. The maximum atomic E-state index is 14.7. The smallest absolute Gasteiger partial charge is 0.262 e. The Kier molecular flexibility index (Phi) is 6.11. The molecule has 2 aromatic rings. The molecule has 0 radical (unpaired) electrons. The molecule has 1 atom stereocenters. The molecule has 1 aromatic heterocycles. The number of rotatable bonds is 4. The van der Waals surface area contributed by atoms with Crippen LogP contribution in [0.4, 0.5) is 10.1 Å². The van der Waals surface area contributed by atoms with Gasteiger partial charge >= 0.3 is 0 Å². The van der Waals surface area contributed by atoms with Gasteiger partial charge in [-0.15, -0.1) is 11.3 Å². The van der Waals surface area contributed by atoms with Crippen molar-refractivity contribution in [3.05, 3.63) is 50.4 Å². The summed E-state index contributed by atoms with van der Waals surface area (Å²) in [4.78, 5) is 28.4. The molecule has 2 aliphatic rings. The first-order valence-electron chi connectivity index (χ1n) is 9.83. The van der Waals surface area contributed by atoms with E-state index in [0.717, 1.165) is 48.4 Å². The van der Waals surface area contributed by atoms with Gasteiger partial charge in [0.05, 0.1) is 21.5 Å². The molecule has 2 amide bonds. The highest BCUT2D eigenvalue weighted by molar-refractivity contribution is 7.18. The molecule has 4 rings (SSSR count). The topological polar surface area (TPSA) is 70.7 Å². The summed E-state index contributed by atoms with van der Waals surface area (Å²) in [6.45, 7) is 2.11. The number of carbonyl (C=O) groups is 2. The van der Waals surface area contributed by atoms with E-state index < -0.39 is 23.2 Å². The molecular weight excluding hydrogens is 429 g/mol. The third-order valence-electron chi connectivity index (χ3n) is 5.67. The number of likely N-dealkylation sites (N-methyl/N-ethyl adjacent to an activating group) is 1. The number of thiophene rings is 1. The van der Waals surface area contributed by atoms with Gasteiger partial charge in [-0.05, 0) is 55.3 Å². The van der Waals surface area contributed by atoms with Crippen LogP contribution >= 0.6 is 22.9 Å². The van der Waals surface area contributed by atoms with Crippen molar-refractivity contribution in [1.82, 2.24) is 10.2 Å². The summed E-state index contributed by atoms with van der Waals surface area (Å²) in [7, 11) is 2.04. The molecule has 30 heavy (non-hydrogen) atoms. The van der Waals surface area contributed by atoms with Gasteiger partial charge in [-0.2, -0.15) is 0 Å². The van der Waals surface area contributed by atoms with Crippen molar-refractivity contribution in [2.45, 2.75) is 24.8 Å². The molecule has 0 aliphatic carbocycles. The summed E-state index contributed by atoms with van der Waals surface area (Å²) >= 11 is 7.04. The number of hydrogen-bond acceptors (Lipinski definition) is 5. The van der Waals surface area contributed by atoms with Crippen molar-refractivity contribution in [3.63, 3.8) is 0 Å². The quantitative estimate of drug-likeness (QED) is 0.749. The predicted octanol–water partition coefficient (Wildman–Crippen LogP) is 3.10. The molecule has 0 spiro atoms. The second-order valence-electron chi connectivity index (χ2n) is 7.80. The highest BCUT2D eigenvalue weighted by Gasteiger charge is 2.44. The third-order valence-corrected chi connectivity index (χ3v) is 6.90. The van der Waals surface area contributed by atoms with Crippen LogP contribution in [0.25, 0.3) is 0 Å². The molecule has 0 unspecified atom stereocenters. The standard InChI is InChI=1S/C21H23ClFN3O3S/c1-26-7-4-13-10-15(23)16(11-14(13)5-8-26)24-20(28)21(6-9-29-12-21)25-19(27)17-2-3-18(22)30-17/h2-3,10-11H,4-9,12H2,1H3,(H,24,28)(H,25,27)/t21-/m0/s1. The molecule has 9 heteroatoms. The Morgan fingerprint density at radius 2 is 1.97 bits per heavy atom. The second-order valence-corrected chi connectivity index (χ2v) is 9.52. The van der Waals surface area contributed by atoms with Gasteiger partial charge in [-0.25, -0.2) is 4.39 Å². The van der Waals surface area contributed by atoms with Crippen LogP contribution in [-0.2, 0) is 22.4 Å². The largest absolute Gasteiger partial charge is 0.378 e. The number of benzene rings is 1. The first kappa shape index (κ1) is 21.2. The van der Waals surface area contributed by atoms with Crippen LogP contribution < -0.4 is 10.6 Å². The Balaban J connectivity index is 1.54. The van der Waals surface area contributed by atoms with Crippen molar-refractivity contribution < 1.29 is 18.7 Å². The minimum atomic E-state index is -1.26. The van der Waals surface area contributed by atoms with Gasteiger partial charge in [0.15, 0.2) is 0 Å². The van der Waals surface area contributed by atoms with Gasteiger partial charge in [0.2, 0.25) is 0 Å². The lowest BCUT2D eigenvalue weighted by Gasteiger charge is -2.27. The van der Waals surface area contributed by atoms with E-state index in [-0.39, 0.29) is 12.3 Å². The number of ether oxygens (including phenoxy) is 1. The molecule has 6 nitrogen and oxygen atoms in total. The average molecular weight is 452 g/mol. The zero-order chi connectivity index (χ0) is 21.3. The van der Waals surface area contributed by atoms with E-state index in [0.29, 0.717) is 22.2 Å². The molecular formula is C21H23ClFN3O3S. The maximum Gasteiger partial charge on any atom is 0.262 e. The zero-order valence-corrected chi connectivity index (χ0v) is 18.2. The molecule has 2 N–H and O–H groups in total. The predicted molar refractivity (Wildman–Crippen MR) is 115 cm³/mol. The number of anilines is 1. The van der Waals surface area contributed by atoms with E-state index in [1.54, 1.807) is 18.2 Å². The van der Waals surface area contributed by atoms with E-state index in [9.17, 15) is 14.0 Å². The van der Waals surface area contributed by atoms with Crippen molar-refractivity contribution in [1.29, 1.82) is 0 Å². The molecule has 2 aliphatic heterocycles. The molecule has 1 fully saturated rings. The van der Waals surface area contributed by atoms with Gasteiger partial charge in [0.25, 0.3) is 11.8 Å². The van der Waals surface area contributed by atoms with Crippen LogP contribution in [0.3, 0.4) is 0 Å². The number of hydrogen-bond donors (Lipinski definition) is 2. The molecule has 3 heterocycles. The lowest BCUT2D eigenvalue weighted by molar-refractivity contribution is -0.122. The van der Waals surface area contributed by atoms with E-state index in [2.05, 4.69) is 15.5 Å². The van der Waals surface area contributed by atoms with E-state index >= 15 is 0 Å².